The molecular weight excluding hydrogens is 284 g/mol. The molecule has 120 valence electrons. The van der Waals surface area contributed by atoms with Crippen molar-refractivity contribution in [2.24, 2.45) is 0 Å². The van der Waals surface area contributed by atoms with Gasteiger partial charge in [0.05, 0.1) is 0 Å². The van der Waals surface area contributed by atoms with Gasteiger partial charge in [0, 0.05) is 25.3 Å². The van der Waals surface area contributed by atoms with E-state index in [9.17, 15) is 4.79 Å². The first kappa shape index (κ1) is 15.6. The predicted molar refractivity (Wildman–Crippen MR) is 94.8 cm³/mol. The third-order valence-corrected chi connectivity index (χ3v) is 4.39. The number of nitrogens with zero attached hydrogens (tertiary/aromatic N) is 2. The summed E-state index contributed by atoms with van der Waals surface area (Å²) in [6, 6.07) is 20.5. The summed E-state index contributed by atoms with van der Waals surface area (Å²) in [7, 11) is 0. The van der Waals surface area contributed by atoms with Crippen LogP contribution in [0.3, 0.4) is 0 Å². The number of carbonyl (C=O) groups excluding carboxylic acids is 1. The normalized spacial score (nSPS) is 14.5. The van der Waals surface area contributed by atoms with Crippen LogP contribution in [0.1, 0.15) is 24.8 Å². The van der Waals surface area contributed by atoms with Gasteiger partial charge in [-0.15, -0.1) is 0 Å². The number of hydrogen-bond acceptors (Lipinski definition) is 1. The molecule has 0 spiro atoms. The van der Waals surface area contributed by atoms with E-state index in [0.29, 0.717) is 6.54 Å². The number of benzene rings is 2. The van der Waals surface area contributed by atoms with Gasteiger partial charge < -0.3 is 4.90 Å². The molecule has 1 aliphatic heterocycles. The van der Waals surface area contributed by atoms with Crippen LogP contribution in [0.4, 0.5) is 10.5 Å². The second kappa shape index (κ2) is 7.82. The molecule has 23 heavy (non-hydrogen) atoms. The Bertz CT molecular complexity index is 606. The fourth-order valence-corrected chi connectivity index (χ4v) is 3.08. The Labute approximate surface area is 138 Å². The molecule has 0 atom stereocenters. The number of amides is 2. The van der Waals surface area contributed by atoms with Gasteiger partial charge in [0.15, 0.2) is 0 Å². The van der Waals surface area contributed by atoms with Crippen molar-refractivity contribution in [2.45, 2.75) is 25.7 Å². The van der Waals surface area contributed by atoms with E-state index in [2.05, 4.69) is 24.3 Å². The average Bonchev–Trinajstić information content (AvgIpc) is 2.64. The van der Waals surface area contributed by atoms with Crippen LogP contribution in [0.25, 0.3) is 0 Å². The second-order valence-corrected chi connectivity index (χ2v) is 6.05. The van der Waals surface area contributed by atoms with Gasteiger partial charge in [-0.25, -0.2) is 4.79 Å². The minimum Gasteiger partial charge on any atom is -0.324 e. The van der Waals surface area contributed by atoms with Gasteiger partial charge in [0.2, 0.25) is 0 Å². The van der Waals surface area contributed by atoms with Gasteiger partial charge in [0.25, 0.3) is 0 Å². The van der Waals surface area contributed by atoms with E-state index in [1.807, 2.05) is 46.2 Å². The zero-order chi connectivity index (χ0) is 15.9. The molecule has 0 aromatic heterocycles. The van der Waals surface area contributed by atoms with Crippen molar-refractivity contribution in [1.29, 1.82) is 0 Å². The average molecular weight is 308 g/mol. The molecule has 1 aliphatic rings. The van der Waals surface area contributed by atoms with E-state index >= 15 is 0 Å². The summed E-state index contributed by atoms with van der Waals surface area (Å²) >= 11 is 0. The largest absolute Gasteiger partial charge is 0.324 e. The molecule has 3 rings (SSSR count). The topological polar surface area (TPSA) is 23.6 Å². The molecule has 1 saturated heterocycles. The Morgan fingerprint density at radius 2 is 1.48 bits per heavy atom. The zero-order valence-electron chi connectivity index (χ0n) is 13.5. The van der Waals surface area contributed by atoms with Crippen LogP contribution in [0.5, 0.6) is 0 Å². The number of likely N-dealkylation sites (tertiary alicyclic amines) is 1. The molecule has 0 N–H and O–H groups in total. The van der Waals surface area contributed by atoms with Gasteiger partial charge in [-0.05, 0) is 43.4 Å². The standard InChI is InChI=1S/C20H24N2O/c23-20(21-15-8-3-9-16-21)22(19-12-6-2-7-13-19)17-14-18-10-4-1-5-11-18/h1-2,4-7,10-13H,3,8-9,14-17H2. The van der Waals surface area contributed by atoms with E-state index in [-0.39, 0.29) is 6.03 Å². The molecule has 1 heterocycles. The summed E-state index contributed by atoms with van der Waals surface area (Å²) in [5.41, 5.74) is 2.25. The number of para-hydroxylation sites is 1. The Hall–Kier alpha value is -2.29. The first-order chi connectivity index (χ1) is 11.3. The minimum absolute atomic E-state index is 0.145. The van der Waals surface area contributed by atoms with Gasteiger partial charge in [0.1, 0.15) is 0 Å². The maximum atomic E-state index is 13.0. The highest BCUT2D eigenvalue weighted by atomic mass is 16.2. The third-order valence-electron chi connectivity index (χ3n) is 4.39. The van der Waals surface area contributed by atoms with E-state index in [1.165, 1.54) is 12.0 Å². The van der Waals surface area contributed by atoms with Crippen LogP contribution in [0.2, 0.25) is 0 Å². The van der Waals surface area contributed by atoms with Crippen molar-refractivity contribution >= 4 is 11.7 Å². The maximum absolute atomic E-state index is 13.0. The maximum Gasteiger partial charge on any atom is 0.324 e. The Balaban J connectivity index is 1.74. The van der Waals surface area contributed by atoms with Crippen molar-refractivity contribution < 1.29 is 4.79 Å². The van der Waals surface area contributed by atoms with Crippen molar-refractivity contribution in [3.05, 3.63) is 66.2 Å². The first-order valence-electron chi connectivity index (χ1n) is 8.50. The molecule has 2 aromatic carbocycles. The summed E-state index contributed by atoms with van der Waals surface area (Å²) in [4.78, 5) is 16.9. The lowest BCUT2D eigenvalue weighted by atomic mass is 10.1. The summed E-state index contributed by atoms with van der Waals surface area (Å²) in [6.07, 6.45) is 4.34. The Morgan fingerprint density at radius 3 is 2.13 bits per heavy atom. The fraction of sp³-hybridized carbons (Fsp3) is 0.350. The van der Waals surface area contributed by atoms with Gasteiger partial charge in [-0.2, -0.15) is 0 Å². The second-order valence-electron chi connectivity index (χ2n) is 6.05. The number of anilines is 1. The summed E-state index contributed by atoms with van der Waals surface area (Å²) in [5.74, 6) is 0. The summed E-state index contributed by atoms with van der Waals surface area (Å²) in [6.45, 7) is 2.48. The molecular formula is C20H24N2O. The smallest absolute Gasteiger partial charge is 0.324 e. The van der Waals surface area contributed by atoms with Gasteiger partial charge in [-0.1, -0.05) is 48.5 Å². The van der Waals surface area contributed by atoms with Crippen LogP contribution in [0, 0.1) is 0 Å². The van der Waals surface area contributed by atoms with Gasteiger partial charge in [-0.3, -0.25) is 4.90 Å². The highest BCUT2D eigenvalue weighted by molar-refractivity contribution is 5.92. The lowest BCUT2D eigenvalue weighted by molar-refractivity contribution is 0.193. The van der Waals surface area contributed by atoms with Crippen LogP contribution in [-0.2, 0) is 6.42 Å². The Kier molecular flexibility index (Phi) is 5.30. The van der Waals surface area contributed by atoms with Crippen LogP contribution in [-0.4, -0.2) is 30.6 Å². The number of hydrogen-bond donors (Lipinski definition) is 0. The lowest BCUT2D eigenvalue weighted by Gasteiger charge is -2.33. The third kappa shape index (κ3) is 4.13. The van der Waals surface area contributed by atoms with E-state index < -0.39 is 0 Å². The zero-order valence-corrected chi connectivity index (χ0v) is 13.5. The minimum atomic E-state index is 0.145. The quantitative estimate of drug-likeness (QED) is 0.824. The highest BCUT2D eigenvalue weighted by Gasteiger charge is 2.23. The number of urea groups is 1. The molecule has 3 nitrogen and oxygen atoms in total. The van der Waals surface area contributed by atoms with Crippen LogP contribution in [0.15, 0.2) is 60.7 Å². The fourth-order valence-electron chi connectivity index (χ4n) is 3.08. The molecule has 2 amide bonds. The lowest BCUT2D eigenvalue weighted by Crippen LogP contribution is -2.46. The monoisotopic (exact) mass is 308 g/mol. The van der Waals surface area contributed by atoms with Crippen LogP contribution < -0.4 is 4.90 Å². The molecule has 0 aliphatic carbocycles. The van der Waals surface area contributed by atoms with E-state index in [4.69, 9.17) is 0 Å². The molecule has 3 heteroatoms. The van der Waals surface area contributed by atoms with Crippen LogP contribution >= 0.6 is 0 Å². The number of carbonyl (C=O) groups is 1. The molecule has 0 unspecified atom stereocenters. The molecule has 0 saturated carbocycles. The van der Waals surface area contributed by atoms with Crippen molar-refractivity contribution in [2.75, 3.05) is 24.5 Å². The van der Waals surface area contributed by atoms with Crippen molar-refractivity contribution in [1.82, 2.24) is 4.90 Å². The Morgan fingerprint density at radius 1 is 0.870 bits per heavy atom. The SMILES string of the molecule is O=C(N1CCCCC1)N(CCc1ccccc1)c1ccccc1. The highest BCUT2D eigenvalue weighted by Crippen LogP contribution is 2.19. The van der Waals surface area contributed by atoms with E-state index in [1.54, 1.807) is 0 Å². The first-order valence-corrected chi connectivity index (χ1v) is 8.50. The molecule has 0 bridgehead atoms. The van der Waals surface area contributed by atoms with Gasteiger partial charge >= 0.3 is 6.03 Å². The summed E-state index contributed by atoms with van der Waals surface area (Å²) in [5, 5.41) is 0. The van der Waals surface area contributed by atoms with Crippen molar-refractivity contribution in [3.8, 4) is 0 Å². The molecule has 0 radical (unpaired) electrons. The number of rotatable bonds is 4. The molecule has 1 fully saturated rings. The molecule has 2 aromatic rings. The summed E-state index contributed by atoms with van der Waals surface area (Å²) < 4.78 is 0. The number of piperidine rings is 1. The predicted octanol–water partition coefficient (Wildman–Crippen LogP) is 4.34. The van der Waals surface area contributed by atoms with Crippen molar-refractivity contribution in [3.63, 3.8) is 0 Å². The van der Waals surface area contributed by atoms with E-state index in [0.717, 1.165) is 38.0 Å².